The molecule has 0 aliphatic carbocycles. The maximum Gasteiger partial charge on any atom is 0.0300 e. The lowest BCUT2D eigenvalue weighted by Crippen LogP contribution is -2.13. The van der Waals surface area contributed by atoms with E-state index in [2.05, 4.69) is 70.1 Å². The molecule has 0 bridgehead atoms. The number of nitrogens with zero attached hydrogens (tertiary/aromatic N) is 1. The fourth-order valence-electron chi connectivity index (χ4n) is 1.69. The molecule has 0 aliphatic heterocycles. The van der Waals surface area contributed by atoms with Crippen molar-refractivity contribution in [1.82, 2.24) is 10.3 Å². The maximum absolute atomic E-state index is 4.09. The highest BCUT2D eigenvalue weighted by atomic mass is 127. The molecule has 0 spiro atoms. The van der Waals surface area contributed by atoms with E-state index in [1.807, 2.05) is 12.4 Å². The van der Waals surface area contributed by atoms with E-state index in [1.165, 1.54) is 20.3 Å². The minimum Gasteiger partial charge on any atom is -0.309 e. The molecular formula is C14H15IN2. The molecule has 0 saturated heterocycles. The SMILES string of the molecule is Cc1cnccc1CNCc1cccc(I)c1. The largest absolute Gasteiger partial charge is 0.309 e. The van der Waals surface area contributed by atoms with Gasteiger partial charge in [-0.3, -0.25) is 4.98 Å². The van der Waals surface area contributed by atoms with Crippen LogP contribution in [0.5, 0.6) is 0 Å². The van der Waals surface area contributed by atoms with Crippen LogP contribution in [0, 0.1) is 10.5 Å². The monoisotopic (exact) mass is 338 g/mol. The van der Waals surface area contributed by atoms with Crippen molar-refractivity contribution in [2.24, 2.45) is 0 Å². The van der Waals surface area contributed by atoms with E-state index in [0.717, 1.165) is 13.1 Å². The summed E-state index contributed by atoms with van der Waals surface area (Å²) in [6.07, 6.45) is 3.75. The van der Waals surface area contributed by atoms with Gasteiger partial charge in [-0.1, -0.05) is 12.1 Å². The first-order valence-electron chi connectivity index (χ1n) is 5.60. The number of benzene rings is 1. The predicted octanol–water partition coefficient (Wildman–Crippen LogP) is 3.28. The highest BCUT2D eigenvalue weighted by Crippen LogP contribution is 2.08. The number of aromatic nitrogens is 1. The Hall–Kier alpha value is -0.940. The highest BCUT2D eigenvalue weighted by Gasteiger charge is 1.98. The topological polar surface area (TPSA) is 24.9 Å². The van der Waals surface area contributed by atoms with Gasteiger partial charge in [0, 0.05) is 29.1 Å². The van der Waals surface area contributed by atoms with Crippen LogP contribution in [-0.4, -0.2) is 4.98 Å². The molecule has 3 heteroatoms. The van der Waals surface area contributed by atoms with E-state index in [1.54, 1.807) is 0 Å². The fraction of sp³-hybridized carbons (Fsp3) is 0.214. The molecule has 0 fully saturated rings. The first kappa shape index (κ1) is 12.5. The molecule has 1 N–H and O–H groups in total. The van der Waals surface area contributed by atoms with Gasteiger partial charge < -0.3 is 5.32 Å². The van der Waals surface area contributed by atoms with Crippen molar-refractivity contribution >= 4 is 22.6 Å². The quantitative estimate of drug-likeness (QED) is 0.866. The molecule has 0 saturated carbocycles. The molecule has 88 valence electrons. The lowest BCUT2D eigenvalue weighted by atomic mass is 10.1. The summed E-state index contributed by atoms with van der Waals surface area (Å²) in [6, 6.07) is 10.6. The number of hydrogen-bond acceptors (Lipinski definition) is 2. The molecule has 0 amide bonds. The van der Waals surface area contributed by atoms with E-state index < -0.39 is 0 Å². The van der Waals surface area contributed by atoms with Crippen LogP contribution in [-0.2, 0) is 13.1 Å². The van der Waals surface area contributed by atoms with Crippen molar-refractivity contribution in [3.05, 3.63) is 63.0 Å². The Bertz CT molecular complexity index is 497. The van der Waals surface area contributed by atoms with E-state index in [0.29, 0.717) is 0 Å². The number of halogens is 1. The van der Waals surface area contributed by atoms with Crippen LogP contribution in [0.1, 0.15) is 16.7 Å². The Labute approximate surface area is 116 Å². The van der Waals surface area contributed by atoms with Gasteiger partial charge in [-0.05, 0) is 64.4 Å². The fourth-order valence-corrected chi connectivity index (χ4v) is 2.30. The van der Waals surface area contributed by atoms with Crippen molar-refractivity contribution in [2.75, 3.05) is 0 Å². The van der Waals surface area contributed by atoms with Gasteiger partial charge in [-0.15, -0.1) is 0 Å². The Morgan fingerprint density at radius 1 is 1.24 bits per heavy atom. The summed E-state index contributed by atoms with van der Waals surface area (Å²) in [5, 5.41) is 3.45. The minimum atomic E-state index is 0.889. The van der Waals surface area contributed by atoms with Crippen LogP contribution in [0.3, 0.4) is 0 Å². The van der Waals surface area contributed by atoms with Gasteiger partial charge in [0.15, 0.2) is 0 Å². The summed E-state index contributed by atoms with van der Waals surface area (Å²) in [6.45, 7) is 3.88. The summed E-state index contributed by atoms with van der Waals surface area (Å²) in [5.74, 6) is 0. The average molecular weight is 338 g/mol. The van der Waals surface area contributed by atoms with E-state index >= 15 is 0 Å². The van der Waals surface area contributed by atoms with E-state index in [9.17, 15) is 0 Å². The highest BCUT2D eigenvalue weighted by molar-refractivity contribution is 14.1. The Morgan fingerprint density at radius 2 is 2.12 bits per heavy atom. The van der Waals surface area contributed by atoms with Crippen LogP contribution < -0.4 is 5.32 Å². The second-order valence-electron chi connectivity index (χ2n) is 4.04. The normalized spacial score (nSPS) is 10.5. The van der Waals surface area contributed by atoms with Crippen molar-refractivity contribution in [2.45, 2.75) is 20.0 Å². The zero-order chi connectivity index (χ0) is 12.1. The molecule has 0 radical (unpaired) electrons. The van der Waals surface area contributed by atoms with Crippen LogP contribution in [0.15, 0.2) is 42.7 Å². The smallest absolute Gasteiger partial charge is 0.0300 e. The summed E-state index contributed by atoms with van der Waals surface area (Å²) in [5.41, 5.74) is 3.87. The van der Waals surface area contributed by atoms with Gasteiger partial charge in [-0.25, -0.2) is 0 Å². The zero-order valence-corrected chi connectivity index (χ0v) is 11.9. The Morgan fingerprint density at radius 3 is 2.88 bits per heavy atom. The van der Waals surface area contributed by atoms with Gasteiger partial charge in [0.2, 0.25) is 0 Å². The second-order valence-corrected chi connectivity index (χ2v) is 5.28. The maximum atomic E-state index is 4.09. The zero-order valence-electron chi connectivity index (χ0n) is 9.78. The number of nitrogens with one attached hydrogen (secondary N) is 1. The minimum absolute atomic E-state index is 0.889. The molecule has 1 aromatic heterocycles. The standard InChI is InChI=1S/C14H15IN2/c1-11-8-16-6-5-13(11)10-17-9-12-3-2-4-14(15)7-12/h2-8,17H,9-10H2,1H3. The van der Waals surface area contributed by atoms with Gasteiger partial charge in [0.25, 0.3) is 0 Å². The Balaban J connectivity index is 1.90. The van der Waals surface area contributed by atoms with Crippen LogP contribution in [0.25, 0.3) is 0 Å². The molecule has 2 nitrogen and oxygen atoms in total. The number of aryl methyl sites for hydroxylation is 1. The van der Waals surface area contributed by atoms with Crippen molar-refractivity contribution in [3.63, 3.8) is 0 Å². The molecule has 17 heavy (non-hydrogen) atoms. The van der Waals surface area contributed by atoms with Gasteiger partial charge >= 0.3 is 0 Å². The molecule has 0 aliphatic rings. The van der Waals surface area contributed by atoms with Crippen LogP contribution in [0.2, 0.25) is 0 Å². The molecule has 2 rings (SSSR count). The van der Waals surface area contributed by atoms with Crippen molar-refractivity contribution < 1.29 is 0 Å². The third-order valence-electron chi connectivity index (χ3n) is 2.67. The molecule has 1 aromatic carbocycles. The Kier molecular flexibility index (Phi) is 4.50. The molecule has 0 atom stereocenters. The first-order chi connectivity index (χ1) is 8.25. The molecule has 2 aromatic rings. The summed E-state index contributed by atoms with van der Waals surface area (Å²) >= 11 is 2.34. The van der Waals surface area contributed by atoms with Crippen LogP contribution >= 0.6 is 22.6 Å². The summed E-state index contributed by atoms with van der Waals surface area (Å²) in [4.78, 5) is 4.09. The van der Waals surface area contributed by atoms with Crippen molar-refractivity contribution in [3.8, 4) is 0 Å². The van der Waals surface area contributed by atoms with E-state index in [4.69, 9.17) is 0 Å². The summed E-state index contributed by atoms with van der Waals surface area (Å²) < 4.78 is 1.28. The first-order valence-corrected chi connectivity index (χ1v) is 6.68. The van der Waals surface area contributed by atoms with Gasteiger partial charge in [0.05, 0.1) is 0 Å². The molecule has 1 heterocycles. The second kappa shape index (κ2) is 6.12. The van der Waals surface area contributed by atoms with Gasteiger partial charge in [-0.2, -0.15) is 0 Å². The predicted molar refractivity (Wildman–Crippen MR) is 78.7 cm³/mol. The number of pyridine rings is 1. The number of hydrogen-bond donors (Lipinski definition) is 1. The molecular weight excluding hydrogens is 323 g/mol. The average Bonchev–Trinajstić information content (AvgIpc) is 2.32. The lowest BCUT2D eigenvalue weighted by Gasteiger charge is -2.07. The number of rotatable bonds is 4. The van der Waals surface area contributed by atoms with Crippen LogP contribution in [0.4, 0.5) is 0 Å². The van der Waals surface area contributed by atoms with Gasteiger partial charge in [0.1, 0.15) is 0 Å². The lowest BCUT2D eigenvalue weighted by molar-refractivity contribution is 0.689. The summed E-state index contributed by atoms with van der Waals surface area (Å²) in [7, 11) is 0. The van der Waals surface area contributed by atoms with E-state index in [-0.39, 0.29) is 0 Å². The third kappa shape index (κ3) is 3.78. The van der Waals surface area contributed by atoms with Crippen molar-refractivity contribution in [1.29, 1.82) is 0 Å². The third-order valence-corrected chi connectivity index (χ3v) is 3.34. The molecule has 0 unspecified atom stereocenters.